The molecule has 2 rings (SSSR count). The molecule has 28 heavy (non-hydrogen) atoms. The molecule has 0 radical (unpaired) electrons. The first kappa shape index (κ1) is 21.2. The lowest BCUT2D eigenvalue weighted by Crippen LogP contribution is -2.13. The van der Waals surface area contributed by atoms with E-state index in [4.69, 9.17) is 14.2 Å². The minimum Gasteiger partial charge on any atom is -0.493 e. The maximum absolute atomic E-state index is 11.5. The maximum Gasteiger partial charge on any atom is 0.343 e. The Bertz CT molecular complexity index is 836. The van der Waals surface area contributed by atoms with Crippen LogP contribution in [0, 0.1) is 0 Å². The van der Waals surface area contributed by atoms with Crippen molar-refractivity contribution in [1.82, 2.24) is 4.98 Å². The van der Waals surface area contributed by atoms with Crippen LogP contribution in [0.1, 0.15) is 18.2 Å². The summed E-state index contributed by atoms with van der Waals surface area (Å²) >= 11 is 1.33. The number of aromatic nitrogens is 1. The van der Waals surface area contributed by atoms with Gasteiger partial charge in [0.1, 0.15) is 0 Å². The lowest BCUT2D eigenvalue weighted by atomic mass is 10.2. The normalized spacial score (nSPS) is 10.5. The molecule has 0 aliphatic carbocycles. The van der Waals surface area contributed by atoms with E-state index in [1.54, 1.807) is 36.7 Å². The van der Waals surface area contributed by atoms with E-state index in [9.17, 15) is 9.59 Å². The maximum atomic E-state index is 11.5. The first-order chi connectivity index (χ1) is 13.5. The molecule has 0 fully saturated rings. The largest absolute Gasteiger partial charge is 0.493 e. The van der Waals surface area contributed by atoms with Gasteiger partial charge in [-0.25, -0.2) is 9.78 Å². The van der Waals surface area contributed by atoms with Crippen molar-refractivity contribution in [3.05, 3.63) is 34.8 Å². The van der Waals surface area contributed by atoms with Crippen LogP contribution in [0.5, 0.6) is 11.5 Å². The number of nitrogens with zero attached hydrogens (tertiary/aromatic N) is 2. The van der Waals surface area contributed by atoms with Gasteiger partial charge in [0.15, 0.2) is 18.1 Å². The SMILES string of the molecule is CCOC(=O)Cc1csc(NN=Cc2ccc(OCC(=O)OC)c(OC)c2)n1. The number of methoxy groups -OCH3 is 2. The minimum atomic E-state index is -0.484. The highest BCUT2D eigenvalue weighted by molar-refractivity contribution is 7.13. The van der Waals surface area contributed by atoms with Gasteiger partial charge >= 0.3 is 11.9 Å². The van der Waals surface area contributed by atoms with E-state index in [-0.39, 0.29) is 19.0 Å². The second-order valence-electron chi connectivity index (χ2n) is 5.27. The number of nitrogens with one attached hydrogen (secondary N) is 1. The fourth-order valence-corrected chi connectivity index (χ4v) is 2.70. The highest BCUT2D eigenvalue weighted by atomic mass is 32.1. The smallest absolute Gasteiger partial charge is 0.343 e. The van der Waals surface area contributed by atoms with Crippen LogP contribution in [-0.2, 0) is 25.5 Å². The van der Waals surface area contributed by atoms with Crippen molar-refractivity contribution < 1.29 is 28.5 Å². The first-order valence-corrected chi connectivity index (χ1v) is 9.20. The highest BCUT2D eigenvalue weighted by Gasteiger charge is 2.09. The van der Waals surface area contributed by atoms with E-state index in [1.165, 1.54) is 25.6 Å². The number of carbonyl (C=O) groups is 2. The summed E-state index contributed by atoms with van der Waals surface area (Å²) in [6.45, 7) is 1.89. The van der Waals surface area contributed by atoms with Crippen LogP contribution in [0.3, 0.4) is 0 Å². The number of hydrogen-bond acceptors (Lipinski definition) is 10. The van der Waals surface area contributed by atoms with Gasteiger partial charge in [0.05, 0.1) is 39.2 Å². The summed E-state index contributed by atoms with van der Waals surface area (Å²) in [5, 5.41) is 6.44. The number of ether oxygens (including phenoxy) is 4. The van der Waals surface area contributed by atoms with Crippen LogP contribution in [0.15, 0.2) is 28.7 Å². The van der Waals surface area contributed by atoms with Crippen LogP contribution in [0.25, 0.3) is 0 Å². The predicted octanol–water partition coefficient (Wildman–Crippen LogP) is 2.26. The molecule has 1 aromatic carbocycles. The minimum absolute atomic E-state index is 0.125. The van der Waals surface area contributed by atoms with Gasteiger partial charge in [-0.05, 0) is 30.7 Å². The molecule has 0 saturated carbocycles. The van der Waals surface area contributed by atoms with E-state index in [0.717, 1.165) is 5.56 Å². The molecule has 10 heteroatoms. The Morgan fingerprint density at radius 3 is 2.79 bits per heavy atom. The van der Waals surface area contributed by atoms with Gasteiger partial charge in [-0.2, -0.15) is 5.10 Å². The van der Waals surface area contributed by atoms with Gasteiger partial charge in [0, 0.05) is 5.38 Å². The molecule has 0 unspecified atom stereocenters. The monoisotopic (exact) mass is 407 g/mol. The van der Waals surface area contributed by atoms with Crippen molar-refractivity contribution in [2.45, 2.75) is 13.3 Å². The molecule has 1 aromatic heterocycles. The molecule has 0 atom stereocenters. The molecule has 0 spiro atoms. The van der Waals surface area contributed by atoms with E-state index in [2.05, 4.69) is 20.2 Å². The van der Waals surface area contributed by atoms with Gasteiger partial charge < -0.3 is 18.9 Å². The zero-order chi connectivity index (χ0) is 20.4. The fourth-order valence-electron chi connectivity index (χ4n) is 2.04. The molecule has 2 aromatic rings. The zero-order valence-electron chi connectivity index (χ0n) is 15.8. The molecule has 0 aliphatic heterocycles. The summed E-state index contributed by atoms with van der Waals surface area (Å²) in [7, 11) is 2.79. The highest BCUT2D eigenvalue weighted by Crippen LogP contribution is 2.27. The molecule has 1 heterocycles. The van der Waals surface area contributed by atoms with Crippen LogP contribution in [0.2, 0.25) is 0 Å². The Hall–Kier alpha value is -3.14. The number of benzene rings is 1. The predicted molar refractivity (Wildman–Crippen MR) is 104 cm³/mol. The third-order valence-electron chi connectivity index (χ3n) is 3.32. The van der Waals surface area contributed by atoms with Crippen molar-refractivity contribution in [1.29, 1.82) is 0 Å². The van der Waals surface area contributed by atoms with E-state index in [0.29, 0.717) is 28.9 Å². The van der Waals surface area contributed by atoms with Crippen LogP contribution in [0.4, 0.5) is 5.13 Å². The van der Waals surface area contributed by atoms with Gasteiger partial charge in [0.25, 0.3) is 0 Å². The second-order valence-corrected chi connectivity index (χ2v) is 6.13. The molecule has 1 N–H and O–H groups in total. The summed E-state index contributed by atoms with van der Waals surface area (Å²) in [4.78, 5) is 26.9. The molecule has 150 valence electrons. The average molecular weight is 407 g/mol. The van der Waals surface area contributed by atoms with Crippen molar-refractivity contribution in [3.8, 4) is 11.5 Å². The summed E-state index contributed by atoms with van der Waals surface area (Å²) in [6, 6.07) is 5.14. The zero-order valence-corrected chi connectivity index (χ0v) is 16.6. The number of thiazole rings is 1. The molecule has 0 bridgehead atoms. The molecule has 0 amide bonds. The fraction of sp³-hybridized carbons (Fsp3) is 0.333. The van der Waals surface area contributed by atoms with Gasteiger partial charge in [-0.1, -0.05) is 0 Å². The quantitative estimate of drug-likeness (QED) is 0.363. The summed E-state index contributed by atoms with van der Waals surface area (Å²) < 4.78 is 20.0. The number of hydrogen-bond donors (Lipinski definition) is 1. The Morgan fingerprint density at radius 2 is 2.07 bits per heavy atom. The molecule has 0 aliphatic rings. The van der Waals surface area contributed by atoms with Crippen molar-refractivity contribution in [2.75, 3.05) is 32.9 Å². The molecule has 9 nitrogen and oxygen atoms in total. The molecular weight excluding hydrogens is 386 g/mol. The Kier molecular flexibility index (Phi) is 8.22. The lowest BCUT2D eigenvalue weighted by molar-refractivity contribution is -0.143. The third kappa shape index (κ3) is 6.54. The van der Waals surface area contributed by atoms with Crippen LogP contribution in [-0.4, -0.2) is 50.6 Å². The second kappa shape index (κ2) is 10.9. The van der Waals surface area contributed by atoms with Crippen molar-refractivity contribution in [3.63, 3.8) is 0 Å². The van der Waals surface area contributed by atoms with E-state index in [1.807, 2.05) is 0 Å². The van der Waals surface area contributed by atoms with Crippen molar-refractivity contribution >= 4 is 34.6 Å². The summed E-state index contributed by atoms with van der Waals surface area (Å²) in [6.07, 6.45) is 1.71. The number of esters is 2. The Labute approximate surface area is 166 Å². The summed E-state index contributed by atoms with van der Waals surface area (Å²) in [5.74, 6) is 0.0764. The number of hydrazone groups is 1. The first-order valence-electron chi connectivity index (χ1n) is 8.32. The average Bonchev–Trinajstić information content (AvgIpc) is 3.13. The van der Waals surface area contributed by atoms with Gasteiger partial charge in [-0.3, -0.25) is 10.2 Å². The van der Waals surface area contributed by atoms with E-state index >= 15 is 0 Å². The van der Waals surface area contributed by atoms with Crippen molar-refractivity contribution in [2.24, 2.45) is 5.10 Å². The Morgan fingerprint density at radius 1 is 1.25 bits per heavy atom. The lowest BCUT2D eigenvalue weighted by Gasteiger charge is -2.10. The van der Waals surface area contributed by atoms with Crippen LogP contribution < -0.4 is 14.9 Å². The molecule has 0 saturated heterocycles. The third-order valence-corrected chi connectivity index (χ3v) is 4.11. The van der Waals surface area contributed by atoms with Gasteiger partial charge in [-0.15, -0.1) is 11.3 Å². The van der Waals surface area contributed by atoms with Gasteiger partial charge in [0.2, 0.25) is 5.13 Å². The van der Waals surface area contributed by atoms with Crippen LogP contribution >= 0.6 is 11.3 Å². The molecular formula is C18H21N3O6S. The number of anilines is 1. The Balaban J connectivity index is 1.94. The number of rotatable bonds is 10. The van der Waals surface area contributed by atoms with E-state index < -0.39 is 5.97 Å². The standard InChI is InChI=1S/C18H21N3O6S/c1-4-26-16(22)8-13-11-28-18(20-13)21-19-9-12-5-6-14(15(7-12)24-2)27-10-17(23)25-3/h5-7,9,11H,4,8,10H2,1-3H3,(H,20,21). The topological polar surface area (TPSA) is 108 Å². The summed E-state index contributed by atoms with van der Waals surface area (Å²) in [5.41, 5.74) is 4.18. The number of carbonyl (C=O) groups excluding carboxylic acids is 2.